The van der Waals surface area contributed by atoms with Crippen LogP contribution in [-0.4, -0.2) is 69.1 Å². The molecule has 55 heavy (non-hydrogen) atoms. The van der Waals surface area contributed by atoms with Crippen LogP contribution in [0.25, 0.3) is 0 Å². The van der Waals surface area contributed by atoms with E-state index in [2.05, 4.69) is 11.1 Å². The Morgan fingerprint density at radius 1 is 1.04 bits per heavy atom. The summed E-state index contributed by atoms with van der Waals surface area (Å²) in [5.41, 5.74) is -3.36. The van der Waals surface area contributed by atoms with Gasteiger partial charge < -0.3 is 19.5 Å². The van der Waals surface area contributed by atoms with E-state index >= 15 is 4.79 Å². The number of thiophene rings is 1. The first kappa shape index (κ1) is 40.3. The number of hydrogen-bond donors (Lipinski definition) is 1. The van der Waals surface area contributed by atoms with E-state index in [-0.39, 0.29) is 56.4 Å². The van der Waals surface area contributed by atoms with Gasteiger partial charge in [-0.1, -0.05) is 31.5 Å². The lowest BCUT2D eigenvalue weighted by Gasteiger charge is -2.51. The molecule has 1 amide bonds. The number of aliphatic carboxylic acids is 1. The topological polar surface area (TPSA) is 116 Å². The second kappa shape index (κ2) is 16.0. The van der Waals surface area contributed by atoms with Crippen LogP contribution in [0.5, 0.6) is 11.5 Å². The number of pyridine rings is 1. The molecule has 0 bridgehead atoms. The minimum atomic E-state index is -4.68. The first-order valence-corrected chi connectivity index (χ1v) is 19.3. The molecule has 296 valence electrons. The Kier molecular flexibility index (Phi) is 11.7. The number of halogens is 6. The molecule has 3 fully saturated rings. The zero-order valence-electron chi connectivity index (χ0n) is 30.2. The number of aromatic nitrogens is 1. The third-order valence-corrected chi connectivity index (χ3v) is 12.1. The number of alkyl halides is 6. The van der Waals surface area contributed by atoms with E-state index in [0.29, 0.717) is 67.7 Å². The molecule has 2 aliphatic heterocycles. The monoisotopic (exact) mass is 792 g/mol. The Labute approximate surface area is 318 Å². The summed E-state index contributed by atoms with van der Waals surface area (Å²) in [6.45, 7) is 2.07. The van der Waals surface area contributed by atoms with Gasteiger partial charge in [0.05, 0.1) is 40.8 Å². The van der Waals surface area contributed by atoms with E-state index in [9.17, 15) is 41.5 Å². The number of carbonyl (C=O) groups excluding carboxylic acids is 1. The number of carboxylic acids is 1. The van der Waals surface area contributed by atoms with Crippen LogP contribution in [0.15, 0.2) is 54.0 Å². The summed E-state index contributed by atoms with van der Waals surface area (Å²) >= 11 is 0.428. The molecule has 0 spiro atoms. The van der Waals surface area contributed by atoms with Crippen LogP contribution in [-0.2, 0) is 33.9 Å². The van der Waals surface area contributed by atoms with Gasteiger partial charge in [-0.25, -0.2) is 0 Å². The molecule has 1 aliphatic carbocycles. The molecule has 0 unspecified atom stereocenters. The van der Waals surface area contributed by atoms with E-state index in [0.717, 1.165) is 12.1 Å². The fourth-order valence-corrected chi connectivity index (χ4v) is 9.09. The van der Waals surface area contributed by atoms with E-state index in [4.69, 9.17) is 9.47 Å². The average Bonchev–Trinajstić information content (AvgIpc) is 3.83. The summed E-state index contributed by atoms with van der Waals surface area (Å²) in [7, 11) is 0. The fraction of sp³-hybridized carbons (Fsp3) is 0.538. The zero-order chi connectivity index (χ0) is 39.6. The van der Waals surface area contributed by atoms with Gasteiger partial charge >= 0.3 is 18.3 Å². The second-order valence-electron chi connectivity index (χ2n) is 14.6. The number of ether oxygens (including phenoxy) is 2. The van der Waals surface area contributed by atoms with Gasteiger partial charge in [0.25, 0.3) is 5.91 Å². The smallest absolute Gasteiger partial charge is 0.425 e. The molecule has 1 aromatic carbocycles. The highest BCUT2D eigenvalue weighted by Crippen LogP contribution is 2.45. The van der Waals surface area contributed by atoms with Crippen molar-refractivity contribution in [2.45, 2.75) is 107 Å². The molecule has 3 aromatic rings. The van der Waals surface area contributed by atoms with Gasteiger partial charge in [0.1, 0.15) is 16.4 Å². The number of carboxylic acid groups (broad SMARTS) is 1. The number of nitrogens with zero attached hydrogens (tertiary/aromatic N) is 4. The molecular formula is C39H42F6N4O5S. The second-order valence-corrected chi connectivity index (χ2v) is 15.5. The Morgan fingerprint density at radius 3 is 2.42 bits per heavy atom. The van der Waals surface area contributed by atoms with Crippen molar-refractivity contribution in [3.8, 4) is 17.6 Å². The standard InChI is InChI=1S/C39H42F6N4O5S/c1-2-7-32-37(54-27-21-33(55-23-27)39(43,44)45,13-6-17-49(32)22-30-28(38(40,41)42)9-5-16-47-30)35(52)48-18-14-36(24-46,15-19-48)29-8-3-4-10-31(29)53-26-12-11-25(20-26)34(50)51/h3-5,8-10,16,21,23,25-26,32H,2,6-7,11-15,17-20,22H2,1H3,(H,50,51)/t25-,26-,32+,37-/m0/s1. The van der Waals surface area contributed by atoms with Crippen LogP contribution in [0.1, 0.15) is 86.4 Å². The van der Waals surface area contributed by atoms with Crippen molar-refractivity contribution in [1.29, 1.82) is 5.26 Å². The zero-order valence-corrected chi connectivity index (χ0v) is 31.0. The highest BCUT2D eigenvalue weighted by molar-refractivity contribution is 7.10. The van der Waals surface area contributed by atoms with E-state index in [1.54, 1.807) is 34.1 Å². The maximum atomic E-state index is 15.0. The Hall–Kier alpha value is -4.36. The average molecular weight is 793 g/mol. The van der Waals surface area contributed by atoms with Crippen LogP contribution >= 0.6 is 11.3 Å². The molecule has 9 nitrogen and oxygen atoms in total. The molecular weight excluding hydrogens is 751 g/mol. The van der Waals surface area contributed by atoms with Crippen LogP contribution in [0.3, 0.4) is 0 Å². The molecule has 2 aromatic heterocycles. The molecule has 4 heterocycles. The van der Waals surface area contributed by atoms with Gasteiger partial charge in [-0.15, -0.1) is 11.3 Å². The minimum absolute atomic E-state index is 0.0884. The van der Waals surface area contributed by atoms with Crippen LogP contribution in [0.2, 0.25) is 0 Å². The molecule has 16 heteroatoms. The number of hydrogen-bond acceptors (Lipinski definition) is 8. The predicted molar refractivity (Wildman–Crippen MR) is 189 cm³/mol. The normalized spacial score (nSPS) is 24.6. The van der Waals surface area contributed by atoms with E-state index in [1.807, 2.05) is 6.92 Å². The molecule has 2 saturated heterocycles. The lowest BCUT2D eigenvalue weighted by atomic mass is 9.72. The van der Waals surface area contributed by atoms with Crippen LogP contribution < -0.4 is 9.47 Å². The van der Waals surface area contributed by atoms with Crippen molar-refractivity contribution >= 4 is 23.2 Å². The molecule has 0 radical (unpaired) electrons. The maximum absolute atomic E-state index is 15.0. The molecule has 1 saturated carbocycles. The predicted octanol–water partition coefficient (Wildman–Crippen LogP) is 8.48. The van der Waals surface area contributed by atoms with Crippen molar-refractivity contribution in [1.82, 2.24) is 14.8 Å². The van der Waals surface area contributed by atoms with Gasteiger partial charge in [-0.05, 0) is 76.1 Å². The largest absolute Gasteiger partial charge is 0.490 e. The van der Waals surface area contributed by atoms with Crippen LogP contribution in [0.4, 0.5) is 26.3 Å². The number of para-hydroxylation sites is 1. The SMILES string of the molecule is CCC[C@H]1N(Cc2ncccc2C(F)(F)F)CCC[C@@]1(Oc1csc(C(F)(F)F)c1)C(=O)N1CCC(C#N)(c2ccccc2O[C@H]2CC[C@H](C(=O)O)C2)CC1. The minimum Gasteiger partial charge on any atom is -0.490 e. The van der Waals surface area contributed by atoms with Crippen molar-refractivity contribution < 1.29 is 50.5 Å². The molecule has 1 N–H and O–H groups in total. The van der Waals surface area contributed by atoms with Gasteiger partial charge in [0.2, 0.25) is 5.60 Å². The highest BCUT2D eigenvalue weighted by Gasteiger charge is 2.55. The van der Waals surface area contributed by atoms with E-state index < -0.39 is 57.6 Å². The summed E-state index contributed by atoms with van der Waals surface area (Å²) in [6, 6.07) is 11.7. The third-order valence-electron chi connectivity index (χ3n) is 11.1. The number of nitriles is 1. The number of rotatable bonds is 11. The first-order valence-electron chi connectivity index (χ1n) is 18.4. The number of carbonyl (C=O) groups is 2. The highest BCUT2D eigenvalue weighted by atomic mass is 32.1. The number of amides is 1. The summed E-state index contributed by atoms with van der Waals surface area (Å²) < 4.78 is 96.1. The van der Waals surface area contributed by atoms with Crippen molar-refractivity contribution in [3.63, 3.8) is 0 Å². The molecule has 4 atom stereocenters. The maximum Gasteiger partial charge on any atom is 0.425 e. The third kappa shape index (κ3) is 8.42. The van der Waals surface area contributed by atoms with Gasteiger partial charge in [0.15, 0.2) is 0 Å². The van der Waals surface area contributed by atoms with Gasteiger partial charge in [0, 0.05) is 42.8 Å². The quantitative estimate of drug-likeness (QED) is 0.192. The Morgan fingerprint density at radius 2 is 1.78 bits per heavy atom. The summed E-state index contributed by atoms with van der Waals surface area (Å²) in [5.74, 6) is -1.58. The first-order chi connectivity index (χ1) is 26.1. The lowest BCUT2D eigenvalue weighted by molar-refractivity contribution is -0.163. The summed E-state index contributed by atoms with van der Waals surface area (Å²) in [5, 5.41) is 21.3. The van der Waals surface area contributed by atoms with E-state index in [1.165, 1.54) is 17.6 Å². The Balaban J connectivity index is 1.31. The fourth-order valence-electron chi connectivity index (χ4n) is 8.41. The number of likely N-dealkylation sites (tertiary alicyclic amines) is 2. The van der Waals surface area contributed by atoms with Crippen molar-refractivity contribution in [3.05, 3.63) is 75.7 Å². The van der Waals surface area contributed by atoms with Crippen molar-refractivity contribution in [2.24, 2.45) is 5.92 Å². The molecule has 3 aliphatic rings. The number of piperidine rings is 2. The summed E-state index contributed by atoms with van der Waals surface area (Å²) in [4.78, 5) is 33.0. The Bertz CT molecular complexity index is 1890. The lowest BCUT2D eigenvalue weighted by Crippen LogP contribution is -2.67. The van der Waals surface area contributed by atoms with Gasteiger partial charge in [-0.3, -0.25) is 19.5 Å². The number of benzene rings is 1. The summed E-state index contributed by atoms with van der Waals surface area (Å²) in [6.07, 6.45) is -5.45. The van der Waals surface area contributed by atoms with Crippen molar-refractivity contribution in [2.75, 3.05) is 19.6 Å². The molecule has 6 rings (SSSR count). The van der Waals surface area contributed by atoms with Crippen LogP contribution in [0, 0.1) is 17.2 Å². The van der Waals surface area contributed by atoms with Gasteiger partial charge in [-0.2, -0.15) is 31.6 Å².